The van der Waals surface area contributed by atoms with Crippen molar-refractivity contribution in [2.75, 3.05) is 11.1 Å². The van der Waals surface area contributed by atoms with Gasteiger partial charge in [0.15, 0.2) is 11.0 Å². The van der Waals surface area contributed by atoms with Crippen LogP contribution in [-0.2, 0) is 20.9 Å². The van der Waals surface area contributed by atoms with Crippen molar-refractivity contribution in [1.82, 2.24) is 20.4 Å². The van der Waals surface area contributed by atoms with Crippen molar-refractivity contribution in [2.24, 2.45) is 9.98 Å². The van der Waals surface area contributed by atoms with E-state index in [-0.39, 0.29) is 42.9 Å². The van der Waals surface area contributed by atoms with Gasteiger partial charge in [-0.3, -0.25) is 24.4 Å². The molecule has 0 fully saturated rings. The fourth-order valence-corrected chi connectivity index (χ4v) is 4.77. The molecule has 4 heterocycles. The molecule has 184 valence electrons. The summed E-state index contributed by atoms with van der Waals surface area (Å²) < 4.78 is 5.23. The number of aryl methyl sites for hydroxylation is 1. The van der Waals surface area contributed by atoms with Gasteiger partial charge in [-0.15, -0.1) is 0 Å². The molecule has 0 saturated heterocycles. The topological polar surface area (TPSA) is 145 Å². The molecular formula is C24H23N7O4S. The number of hydrogen-bond donors (Lipinski definition) is 3. The van der Waals surface area contributed by atoms with Gasteiger partial charge < -0.3 is 15.1 Å². The second-order valence-electron chi connectivity index (χ2n) is 8.24. The maximum Gasteiger partial charge on any atom is 0.270 e. The first-order chi connectivity index (χ1) is 17.5. The van der Waals surface area contributed by atoms with E-state index in [2.05, 4.69) is 25.8 Å². The van der Waals surface area contributed by atoms with Crippen molar-refractivity contribution in [1.29, 1.82) is 0 Å². The lowest BCUT2D eigenvalue weighted by molar-refractivity contribution is -0.122. The summed E-state index contributed by atoms with van der Waals surface area (Å²) in [6, 6.07) is 12.0. The highest BCUT2D eigenvalue weighted by Crippen LogP contribution is 2.35. The molecule has 0 saturated carbocycles. The molecule has 3 N–H and O–H groups in total. The molecule has 2 aromatic heterocycles. The lowest BCUT2D eigenvalue weighted by Gasteiger charge is -2.31. The van der Waals surface area contributed by atoms with E-state index in [0.717, 1.165) is 11.3 Å². The third-order valence-corrected chi connectivity index (χ3v) is 6.55. The Morgan fingerprint density at radius 3 is 2.81 bits per heavy atom. The Bertz CT molecular complexity index is 1360. The van der Waals surface area contributed by atoms with E-state index in [4.69, 9.17) is 9.41 Å². The van der Waals surface area contributed by atoms with E-state index in [0.29, 0.717) is 28.3 Å². The summed E-state index contributed by atoms with van der Waals surface area (Å²) in [5.74, 6) is 0.818. The van der Waals surface area contributed by atoms with Crippen LogP contribution in [0.2, 0.25) is 0 Å². The minimum atomic E-state index is -0.689. The van der Waals surface area contributed by atoms with Gasteiger partial charge in [0, 0.05) is 23.7 Å². The first-order valence-corrected chi connectivity index (χ1v) is 12.3. The molecular weight excluding hydrogens is 482 g/mol. The highest BCUT2D eigenvalue weighted by molar-refractivity contribution is 8.14. The van der Waals surface area contributed by atoms with Crippen molar-refractivity contribution < 1.29 is 18.8 Å². The molecule has 36 heavy (non-hydrogen) atoms. The monoisotopic (exact) mass is 505 g/mol. The number of nitrogens with one attached hydrogen (secondary N) is 3. The smallest absolute Gasteiger partial charge is 0.270 e. The van der Waals surface area contributed by atoms with E-state index in [1.807, 2.05) is 31.2 Å². The fourth-order valence-electron chi connectivity index (χ4n) is 3.92. The molecule has 3 aromatic rings. The first-order valence-electron chi connectivity index (χ1n) is 11.3. The lowest BCUT2D eigenvalue weighted by atomic mass is 10.1. The Kier molecular flexibility index (Phi) is 6.67. The van der Waals surface area contributed by atoms with Gasteiger partial charge in [0.25, 0.3) is 5.91 Å². The van der Waals surface area contributed by atoms with Crippen molar-refractivity contribution in [3.05, 3.63) is 65.7 Å². The van der Waals surface area contributed by atoms with E-state index in [1.54, 1.807) is 29.4 Å². The van der Waals surface area contributed by atoms with Gasteiger partial charge in [0.1, 0.15) is 17.6 Å². The van der Waals surface area contributed by atoms with E-state index in [1.165, 1.54) is 11.8 Å². The molecule has 3 amide bonds. The number of hydrogen-bond acceptors (Lipinski definition) is 8. The molecule has 12 heteroatoms. The van der Waals surface area contributed by atoms with Crippen LogP contribution in [0.4, 0.5) is 11.5 Å². The van der Waals surface area contributed by atoms with Gasteiger partial charge in [-0.1, -0.05) is 23.9 Å². The molecule has 11 nitrogen and oxygen atoms in total. The number of amidine groups is 2. The maximum absolute atomic E-state index is 12.9. The first kappa shape index (κ1) is 23.5. The summed E-state index contributed by atoms with van der Waals surface area (Å²) in [4.78, 5) is 48.6. The molecule has 1 unspecified atom stereocenters. The number of furan rings is 1. The molecule has 1 aromatic carbocycles. The second-order valence-corrected chi connectivity index (χ2v) is 9.18. The van der Waals surface area contributed by atoms with Crippen molar-refractivity contribution in [2.45, 2.75) is 32.4 Å². The number of rotatable bonds is 8. The molecule has 0 bridgehead atoms. The predicted octanol–water partition coefficient (Wildman–Crippen LogP) is 2.74. The molecule has 2 aliphatic rings. The summed E-state index contributed by atoms with van der Waals surface area (Å²) in [5, 5.41) is 12.8. The van der Waals surface area contributed by atoms with Gasteiger partial charge in [-0.2, -0.15) is 10.1 Å². The predicted molar refractivity (Wildman–Crippen MR) is 135 cm³/mol. The quantitative estimate of drug-likeness (QED) is 0.427. The summed E-state index contributed by atoms with van der Waals surface area (Å²) >= 11 is 1.20. The number of benzene rings is 1. The van der Waals surface area contributed by atoms with Crippen LogP contribution < -0.4 is 10.6 Å². The minimum Gasteiger partial charge on any atom is -0.467 e. The maximum atomic E-state index is 12.9. The number of carbonyl (C=O) groups is 3. The number of aliphatic imine (C=N–C) groups is 2. The number of thioether (sulfide) groups is 1. The summed E-state index contributed by atoms with van der Waals surface area (Å²) in [6.07, 6.45) is 1.91. The zero-order chi connectivity index (χ0) is 25.1. The number of aromatic nitrogens is 2. The van der Waals surface area contributed by atoms with Crippen LogP contribution in [0.1, 0.15) is 29.9 Å². The van der Waals surface area contributed by atoms with Crippen molar-refractivity contribution >= 4 is 52.0 Å². The minimum absolute atomic E-state index is 0.0568. The van der Waals surface area contributed by atoms with Gasteiger partial charge >= 0.3 is 0 Å². The number of aromatic amines is 1. The van der Waals surface area contributed by atoms with Gasteiger partial charge in [0.05, 0.1) is 24.2 Å². The SMILES string of the molecule is Cc1cc(NC(=O)CSC2=Nc3ccccc3C3=NC(=O)C(CCC(=O)NCc4ccco4)N23)n[nH]1. The number of nitrogens with zero attached hydrogens (tertiary/aromatic N) is 4. The van der Waals surface area contributed by atoms with Crippen LogP contribution in [-0.4, -0.2) is 55.6 Å². The average Bonchev–Trinajstić information content (AvgIpc) is 3.60. The molecule has 0 aliphatic carbocycles. The van der Waals surface area contributed by atoms with Crippen LogP contribution in [0.15, 0.2) is 63.1 Å². The Labute approximate surface area is 210 Å². The lowest BCUT2D eigenvalue weighted by Crippen LogP contribution is -2.44. The highest BCUT2D eigenvalue weighted by atomic mass is 32.2. The van der Waals surface area contributed by atoms with Crippen molar-refractivity contribution in [3.8, 4) is 0 Å². The van der Waals surface area contributed by atoms with Crippen LogP contribution >= 0.6 is 11.8 Å². The van der Waals surface area contributed by atoms with Crippen LogP contribution in [0.3, 0.4) is 0 Å². The van der Waals surface area contributed by atoms with Crippen LogP contribution in [0, 0.1) is 6.92 Å². The van der Waals surface area contributed by atoms with Gasteiger partial charge in [0.2, 0.25) is 11.8 Å². The molecule has 5 rings (SSSR count). The van der Waals surface area contributed by atoms with Crippen LogP contribution in [0.25, 0.3) is 0 Å². The van der Waals surface area contributed by atoms with E-state index in [9.17, 15) is 14.4 Å². The molecule has 0 spiro atoms. The van der Waals surface area contributed by atoms with E-state index < -0.39 is 6.04 Å². The van der Waals surface area contributed by atoms with Crippen LogP contribution in [0.5, 0.6) is 0 Å². The zero-order valence-corrected chi connectivity index (χ0v) is 20.2. The third-order valence-electron chi connectivity index (χ3n) is 5.60. The normalized spacial score (nSPS) is 16.2. The van der Waals surface area contributed by atoms with Gasteiger partial charge in [-0.25, -0.2) is 4.99 Å². The third kappa shape index (κ3) is 5.08. The Hall–Kier alpha value is -4.19. The number of carbonyl (C=O) groups excluding carboxylic acids is 3. The number of fused-ring (bicyclic) bond motifs is 3. The number of amides is 3. The summed E-state index contributed by atoms with van der Waals surface area (Å²) in [7, 11) is 0. The number of para-hydroxylation sites is 1. The van der Waals surface area contributed by atoms with E-state index >= 15 is 0 Å². The molecule has 0 radical (unpaired) electrons. The summed E-state index contributed by atoms with van der Waals surface area (Å²) in [5.41, 5.74) is 2.23. The fraction of sp³-hybridized carbons (Fsp3) is 0.250. The Morgan fingerprint density at radius 2 is 2.03 bits per heavy atom. The summed E-state index contributed by atoms with van der Waals surface area (Å²) in [6.45, 7) is 2.12. The molecule has 2 aliphatic heterocycles. The molecule has 1 atom stereocenters. The Morgan fingerprint density at radius 1 is 1.17 bits per heavy atom. The highest BCUT2D eigenvalue weighted by Gasteiger charge is 2.41. The standard InChI is InChI=1S/C24H23N7O4S/c1-14-11-19(30-29-14)27-21(33)13-36-24-26-17-7-3-2-6-16(17)22-28-23(34)18(31(22)24)8-9-20(32)25-12-15-5-4-10-35-15/h2-7,10-11,18H,8-9,12-13H2,1H3,(H,25,32)(H2,27,29,30,33). The second kappa shape index (κ2) is 10.2. The Balaban J connectivity index is 1.28. The van der Waals surface area contributed by atoms with Gasteiger partial charge in [-0.05, 0) is 37.6 Å². The number of H-pyrrole nitrogens is 1. The average molecular weight is 506 g/mol. The zero-order valence-electron chi connectivity index (χ0n) is 19.4. The largest absolute Gasteiger partial charge is 0.467 e. The number of anilines is 1. The van der Waals surface area contributed by atoms with Crippen molar-refractivity contribution in [3.63, 3.8) is 0 Å².